The van der Waals surface area contributed by atoms with Crippen LogP contribution in [-0.4, -0.2) is 44.9 Å². The van der Waals surface area contributed by atoms with E-state index in [1.165, 1.54) is 140 Å². The molecule has 0 saturated heterocycles. The molecule has 1 aliphatic rings. The molecule has 24 aromatic carbocycles. The van der Waals surface area contributed by atoms with Gasteiger partial charge in [-0.3, -0.25) is 0 Å². The van der Waals surface area contributed by atoms with Gasteiger partial charge in [0.05, 0.1) is 0 Å². The predicted molar refractivity (Wildman–Crippen MR) is 620 cm³/mol. The number of nitrogens with zero attached hydrogens (tertiary/aromatic N) is 9. The van der Waals surface area contributed by atoms with E-state index in [1.807, 2.05) is 157 Å². The van der Waals surface area contributed by atoms with Crippen molar-refractivity contribution in [3.05, 3.63) is 503 Å². The number of hydrogen-bond donors (Lipinski definition) is 0. The zero-order chi connectivity index (χ0) is 98.7. The lowest BCUT2D eigenvalue weighted by Crippen LogP contribution is -2.14. The Balaban J connectivity index is 0.000000108. The molecule has 0 radical (unpaired) electrons. The molecular weight excluding hydrogens is 1830 g/mol. The van der Waals surface area contributed by atoms with Crippen LogP contribution in [0.15, 0.2) is 496 Å². The van der Waals surface area contributed by atoms with E-state index in [0.29, 0.717) is 52.4 Å². The summed E-state index contributed by atoms with van der Waals surface area (Å²) in [4.78, 5) is 46.5. The number of rotatable bonds is 12. The Morgan fingerprint density at radius 2 is 0.497 bits per heavy atom. The molecule has 0 saturated carbocycles. The molecule has 5 aromatic heterocycles. The largest absolute Gasteiger partial charge is 0.455 e. The van der Waals surface area contributed by atoms with Crippen LogP contribution in [0.25, 0.3) is 286 Å². The second kappa shape index (κ2) is 36.2. The molecule has 1 aliphatic carbocycles. The van der Waals surface area contributed by atoms with E-state index in [1.54, 1.807) is 0 Å². The maximum Gasteiger partial charge on any atom is 0.165 e. The lowest BCUT2D eigenvalue weighted by molar-refractivity contribution is 0.660. The highest BCUT2D eigenvalue weighted by molar-refractivity contribution is 7.25. The summed E-state index contributed by atoms with van der Waals surface area (Å²) < 4.78 is 9.21. The van der Waals surface area contributed by atoms with Crippen molar-refractivity contribution in [1.29, 1.82) is 0 Å². The molecule has 0 spiro atoms. The fourth-order valence-corrected chi connectivity index (χ4v) is 24.0. The number of benzene rings is 24. The highest BCUT2D eigenvalue weighted by atomic mass is 32.1. The van der Waals surface area contributed by atoms with Gasteiger partial charge in [0.2, 0.25) is 0 Å². The van der Waals surface area contributed by atoms with Gasteiger partial charge in [0.15, 0.2) is 52.4 Å². The van der Waals surface area contributed by atoms with E-state index < -0.39 is 0 Å². The number of para-hydroxylation sites is 2. The second-order valence-corrected chi connectivity index (χ2v) is 39.8. The van der Waals surface area contributed by atoms with Crippen LogP contribution in [0.4, 0.5) is 0 Å². The molecule has 29 aromatic rings. The Labute approximate surface area is 862 Å². The number of thiophene rings is 1. The molecule has 0 fully saturated rings. The van der Waals surface area contributed by atoms with E-state index >= 15 is 0 Å². The number of fused-ring (bicyclic) bond motifs is 27. The third-order valence-electron chi connectivity index (χ3n) is 29.7. The Hall–Kier alpha value is -19.3. The van der Waals surface area contributed by atoms with E-state index in [0.717, 1.165) is 105 Å². The van der Waals surface area contributed by atoms with E-state index in [4.69, 9.17) is 49.3 Å². The summed E-state index contributed by atoms with van der Waals surface area (Å²) in [7, 11) is 0. The number of furan rings is 1. The van der Waals surface area contributed by atoms with Crippen molar-refractivity contribution in [3.8, 4) is 147 Å². The summed E-state index contributed by atoms with van der Waals surface area (Å²) in [6, 6.07) is 173. The van der Waals surface area contributed by atoms with Crippen molar-refractivity contribution >= 4 is 150 Å². The van der Waals surface area contributed by atoms with Crippen molar-refractivity contribution in [1.82, 2.24) is 44.9 Å². The van der Waals surface area contributed by atoms with Crippen LogP contribution < -0.4 is 0 Å². The zero-order valence-electron chi connectivity index (χ0n) is 81.1. The Bertz CT molecular complexity index is 10300. The van der Waals surface area contributed by atoms with Crippen molar-refractivity contribution in [2.75, 3.05) is 0 Å². The van der Waals surface area contributed by atoms with Gasteiger partial charge in [-0.05, 0) is 184 Å². The van der Waals surface area contributed by atoms with Gasteiger partial charge in [-0.15, -0.1) is 11.3 Å². The normalized spacial score (nSPS) is 12.1. The summed E-state index contributed by atoms with van der Waals surface area (Å²) >= 11 is 1.85. The fraction of sp³-hybridized carbons (Fsp3) is 0.0217. The average molecular weight is 1920 g/mol. The molecule has 0 unspecified atom stereocenters. The minimum Gasteiger partial charge on any atom is -0.455 e. The van der Waals surface area contributed by atoms with Gasteiger partial charge in [-0.2, -0.15) is 0 Å². The van der Waals surface area contributed by atoms with Crippen molar-refractivity contribution in [2.24, 2.45) is 0 Å². The van der Waals surface area contributed by atoms with E-state index in [2.05, 4.69) is 360 Å². The van der Waals surface area contributed by atoms with Gasteiger partial charge in [0.1, 0.15) is 11.2 Å². The topological polar surface area (TPSA) is 129 Å². The first-order valence-electron chi connectivity index (χ1n) is 50.4. The molecule has 149 heavy (non-hydrogen) atoms. The van der Waals surface area contributed by atoms with Crippen LogP contribution in [0.2, 0.25) is 0 Å². The second-order valence-electron chi connectivity index (χ2n) is 38.7. The van der Waals surface area contributed by atoms with Crippen LogP contribution in [0.5, 0.6) is 0 Å². The SMILES string of the molecule is CC1(C)c2ccccc2-c2c(-c3ccc4c5ccccc5c5ccccc5c4c3-c3nc(-c4ccccc4)nc(-c4ccccc4)n3)cccc21.c1ccc(-c2nc(-c3ccccc3)nc(-c3cc(-c4ccc5c(c4)sc4ccccc45)c4c5ccccc5c5ccccc5c4c3)n2)cc1.c1ccc(-c2nc(-c3ccccc3)nc(-c3cc4c5ccccc5c5ccccc5c4cc3-c3cccc4c3oc3ccccc34)n2)cc1. The summed E-state index contributed by atoms with van der Waals surface area (Å²) in [5.74, 6) is 5.77. The van der Waals surface area contributed by atoms with Crippen molar-refractivity contribution in [3.63, 3.8) is 0 Å². The molecule has 0 atom stereocenters. The standard InChI is InChI=1S/C48H33N3.C45H27N3O.C45H27N3S/c1-48(2)40-26-14-13-24-39(40)42-36(25-15-27-41(42)48)38-29-28-37-34-22-10-9-20-32(34)33-21-11-12-23-35(33)43(37)44(38)47-50-45(30-16-5-3-6-17-30)49-46(51-47)31-18-7-4-8-19-31;1-3-14-28(15-4-1)43-46-44(29-16-5-2-6-17-29)48-45(47-43)40-27-38-33-21-10-8-19-31(33)30-18-7-9-20-32(30)37(38)26-39(40)36-24-13-23-35-34-22-11-12-25-41(34)49-42(35)36;1-3-13-28(14-4-1)43-46-44(29-15-5-2-6-16-29)48-45(47-43)31-25-38(30-23-24-36-35-20-11-12-22-40(35)49-41(36)27-30)42-37-21-10-9-18-33(37)32-17-7-8-19-34(32)39(42)26-31/h3-29H,1-2H3;2*1-27H. The summed E-state index contributed by atoms with van der Waals surface area (Å²) in [5, 5.41) is 26.4. The van der Waals surface area contributed by atoms with Crippen LogP contribution in [0, 0.1) is 0 Å². The molecule has 0 amide bonds. The molecule has 10 nitrogen and oxygen atoms in total. The summed E-state index contributed by atoms with van der Waals surface area (Å²) in [5.41, 5.74) is 22.0. The Morgan fingerprint density at radius 1 is 0.168 bits per heavy atom. The highest BCUT2D eigenvalue weighted by Crippen LogP contribution is 2.56. The molecule has 0 aliphatic heterocycles. The van der Waals surface area contributed by atoms with E-state index in [9.17, 15) is 0 Å². The van der Waals surface area contributed by atoms with E-state index in [-0.39, 0.29) is 5.41 Å². The maximum atomic E-state index is 6.63. The monoisotopic (exact) mass is 1920 g/mol. The fourth-order valence-electron chi connectivity index (χ4n) is 22.8. The summed E-state index contributed by atoms with van der Waals surface area (Å²) in [6.45, 7) is 4.68. The predicted octanol–water partition coefficient (Wildman–Crippen LogP) is 36.6. The Kier molecular flexibility index (Phi) is 21.3. The highest BCUT2D eigenvalue weighted by Gasteiger charge is 2.38. The molecule has 5 heterocycles. The maximum absolute atomic E-state index is 6.63. The Morgan fingerprint density at radius 3 is 0.993 bits per heavy atom. The van der Waals surface area contributed by atoms with Gasteiger partial charge in [-0.25, -0.2) is 44.9 Å². The molecule has 696 valence electrons. The molecule has 0 bridgehead atoms. The first-order valence-corrected chi connectivity index (χ1v) is 51.3. The van der Waals surface area contributed by atoms with Gasteiger partial charge >= 0.3 is 0 Å². The van der Waals surface area contributed by atoms with Crippen LogP contribution in [-0.2, 0) is 5.41 Å². The molecule has 30 rings (SSSR count). The van der Waals surface area contributed by atoms with Gasteiger partial charge in [0.25, 0.3) is 0 Å². The minimum absolute atomic E-state index is 0.129. The van der Waals surface area contributed by atoms with Crippen LogP contribution >= 0.6 is 11.3 Å². The van der Waals surface area contributed by atoms with Crippen molar-refractivity contribution < 1.29 is 4.42 Å². The lowest BCUT2D eigenvalue weighted by Gasteiger charge is -2.22. The minimum atomic E-state index is -0.129. The molecule has 0 N–H and O–H groups in total. The number of aromatic nitrogens is 9. The van der Waals surface area contributed by atoms with Gasteiger partial charge in [-0.1, -0.05) is 463 Å². The third-order valence-corrected chi connectivity index (χ3v) is 30.9. The lowest BCUT2D eigenvalue weighted by atomic mass is 9.81. The number of hydrogen-bond acceptors (Lipinski definition) is 11. The molecule has 11 heteroatoms. The quantitative estimate of drug-likeness (QED) is 0.109. The first-order chi connectivity index (χ1) is 73.7. The van der Waals surface area contributed by atoms with Gasteiger partial charge in [0, 0.05) is 97.4 Å². The zero-order valence-corrected chi connectivity index (χ0v) is 81.9. The van der Waals surface area contributed by atoms with Crippen LogP contribution in [0.1, 0.15) is 25.0 Å². The average Bonchev–Trinajstić information content (AvgIpc) is 1.66. The first kappa shape index (κ1) is 87.5. The summed E-state index contributed by atoms with van der Waals surface area (Å²) in [6.07, 6.45) is 0. The smallest absolute Gasteiger partial charge is 0.165 e. The van der Waals surface area contributed by atoms with Crippen molar-refractivity contribution in [2.45, 2.75) is 19.3 Å². The van der Waals surface area contributed by atoms with Crippen LogP contribution in [0.3, 0.4) is 0 Å². The molecular formula is C138H87N9OS. The third kappa shape index (κ3) is 15.1. The van der Waals surface area contributed by atoms with Gasteiger partial charge < -0.3 is 4.42 Å².